The Hall–Kier alpha value is -1.42. The Morgan fingerprint density at radius 1 is 1.21 bits per heavy atom. The monoisotopic (exact) mass is 396 g/mol. The van der Waals surface area contributed by atoms with E-state index in [1.807, 2.05) is 17.1 Å². The van der Waals surface area contributed by atoms with E-state index in [0.717, 1.165) is 55.7 Å². The van der Waals surface area contributed by atoms with Gasteiger partial charge in [-0.3, -0.25) is 9.48 Å². The van der Waals surface area contributed by atoms with Crippen LogP contribution in [0, 0.1) is 34.5 Å². The summed E-state index contributed by atoms with van der Waals surface area (Å²) in [6, 6.07) is 0. The van der Waals surface area contributed by atoms with Crippen molar-refractivity contribution in [3.63, 3.8) is 0 Å². The lowest BCUT2D eigenvalue weighted by atomic mass is 9.45. The molecule has 1 heterocycles. The maximum absolute atomic E-state index is 13.5. The average Bonchev–Trinajstić information content (AvgIpc) is 3.26. The molecule has 0 aliphatic heterocycles. The number of carbonyl (C=O) groups excluding carboxylic acids is 1. The number of nitrogens with zero attached hydrogens (tertiary/aromatic N) is 2. The van der Waals surface area contributed by atoms with Crippen molar-refractivity contribution in [1.82, 2.24) is 9.78 Å². The minimum absolute atomic E-state index is 0.0925. The van der Waals surface area contributed by atoms with Gasteiger partial charge in [-0.1, -0.05) is 13.8 Å². The molecule has 0 aromatic carbocycles. The fraction of sp³-hybridized carbons (Fsp3) is 0.760. The lowest BCUT2D eigenvalue weighted by molar-refractivity contribution is -0.141. The van der Waals surface area contributed by atoms with Crippen LogP contribution in [0.2, 0.25) is 0 Å². The van der Waals surface area contributed by atoms with Crippen LogP contribution in [0.5, 0.6) is 0 Å². The molecule has 4 aliphatic carbocycles. The first-order valence-electron chi connectivity index (χ1n) is 11.8. The van der Waals surface area contributed by atoms with Crippen LogP contribution in [0.15, 0.2) is 18.0 Å². The number of hydrogen-bond acceptors (Lipinski definition) is 3. The highest BCUT2D eigenvalue weighted by atomic mass is 16.3. The molecular formula is C25H36N2O2. The number of aliphatic hydroxyl groups is 1. The summed E-state index contributed by atoms with van der Waals surface area (Å²) in [5, 5.41) is 14.6. The van der Waals surface area contributed by atoms with Crippen LogP contribution in [0.3, 0.4) is 0 Å². The molecule has 0 radical (unpaired) electrons. The lowest BCUT2D eigenvalue weighted by Gasteiger charge is -2.59. The largest absolute Gasteiger partial charge is 0.393 e. The maximum atomic E-state index is 13.5. The minimum atomic E-state index is -0.175. The van der Waals surface area contributed by atoms with Crippen molar-refractivity contribution in [3.05, 3.63) is 23.5 Å². The maximum Gasteiger partial charge on any atom is 0.165 e. The van der Waals surface area contributed by atoms with Crippen molar-refractivity contribution < 1.29 is 9.90 Å². The van der Waals surface area contributed by atoms with Crippen LogP contribution in [-0.2, 0) is 11.3 Å². The molecule has 29 heavy (non-hydrogen) atoms. The zero-order valence-electron chi connectivity index (χ0n) is 18.2. The first kappa shape index (κ1) is 19.5. The predicted octanol–water partition coefficient (Wildman–Crippen LogP) is 4.87. The van der Waals surface area contributed by atoms with Gasteiger partial charge in [0.15, 0.2) is 5.78 Å². The summed E-state index contributed by atoms with van der Waals surface area (Å²) in [5.74, 6) is 2.95. The number of allylic oxidation sites excluding steroid dienone is 1. The standard InChI is InChI=1S/C25H36N2O2/c1-4-27-15-16(14-26-27)11-17-12-22-20-6-5-18-13-19(28)7-9-24(18,2)21(20)8-10-25(22,3)23(17)29/h11,14-15,18-22,28H,4-10,12-13H2,1-3H3/b17-11-/t18-,19-,20-,21+,22+,24-,25-/m0/s1. The molecule has 4 heteroatoms. The second-order valence-corrected chi connectivity index (χ2v) is 10.9. The molecule has 1 aromatic heterocycles. The Morgan fingerprint density at radius 2 is 2.03 bits per heavy atom. The van der Waals surface area contributed by atoms with Gasteiger partial charge in [0, 0.05) is 23.7 Å². The van der Waals surface area contributed by atoms with Crippen molar-refractivity contribution in [1.29, 1.82) is 0 Å². The number of rotatable bonds is 2. The number of aryl methyl sites for hydroxylation is 1. The number of ketones is 1. The Kier molecular flexibility index (Phi) is 4.58. The zero-order valence-corrected chi connectivity index (χ0v) is 18.2. The lowest BCUT2D eigenvalue weighted by Crippen LogP contribution is -2.54. The fourth-order valence-corrected chi connectivity index (χ4v) is 7.86. The number of hydrogen-bond donors (Lipinski definition) is 1. The highest BCUT2D eigenvalue weighted by molar-refractivity contribution is 6.05. The highest BCUT2D eigenvalue weighted by Gasteiger charge is 2.61. The summed E-state index contributed by atoms with van der Waals surface area (Å²) in [5.41, 5.74) is 2.28. The molecule has 158 valence electrons. The average molecular weight is 397 g/mol. The second kappa shape index (κ2) is 6.80. The van der Waals surface area contributed by atoms with Crippen molar-refractivity contribution in [2.45, 2.75) is 84.8 Å². The van der Waals surface area contributed by atoms with Gasteiger partial charge in [-0.05, 0) is 99.0 Å². The summed E-state index contributed by atoms with van der Waals surface area (Å²) in [6.45, 7) is 7.71. The van der Waals surface area contributed by atoms with Gasteiger partial charge < -0.3 is 5.11 Å². The second-order valence-electron chi connectivity index (χ2n) is 10.9. The van der Waals surface area contributed by atoms with Gasteiger partial charge >= 0.3 is 0 Å². The Labute approximate surface area is 174 Å². The van der Waals surface area contributed by atoms with Gasteiger partial charge in [0.25, 0.3) is 0 Å². The van der Waals surface area contributed by atoms with Gasteiger partial charge in [-0.25, -0.2) is 0 Å². The molecule has 0 saturated heterocycles. The molecule has 4 aliphatic rings. The van der Waals surface area contributed by atoms with Crippen LogP contribution in [0.25, 0.3) is 6.08 Å². The van der Waals surface area contributed by atoms with Gasteiger partial charge in [0.2, 0.25) is 0 Å². The van der Waals surface area contributed by atoms with Crippen molar-refractivity contribution in [3.8, 4) is 0 Å². The van der Waals surface area contributed by atoms with Crippen molar-refractivity contribution in [2.24, 2.45) is 34.5 Å². The number of aliphatic hydroxyl groups excluding tert-OH is 1. The van der Waals surface area contributed by atoms with E-state index in [-0.39, 0.29) is 11.5 Å². The van der Waals surface area contributed by atoms with E-state index in [4.69, 9.17) is 0 Å². The van der Waals surface area contributed by atoms with E-state index < -0.39 is 0 Å². The predicted molar refractivity (Wildman–Crippen MR) is 114 cm³/mol. The van der Waals surface area contributed by atoms with E-state index in [1.54, 1.807) is 0 Å². The molecule has 4 nitrogen and oxygen atoms in total. The van der Waals surface area contributed by atoms with Crippen LogP contribution in [-0.4, -0.2) is 26.8 Å². The summed E-state index contributed by atoms with van der Waals surface area (Å²) in [7, 11) is 0. The molecule has 0 spiro atoms. The molecule has 4 saturated carbocycles. The molecule has 7 atom stereocenters. The first-order valence-corrected chi connectivity index (χ1v) is 11.8. The molecular weight excluding hydrogens is 360 g/mol. The molecule has 1 aromatic rings. The Morgan fingerprint density at radius 3 is 2.79 bits per heavy atom. The fourth-order valence-electron chi connectivity index (χ4n) is 7.86. The quantitative estimate of drug-likeness (QED) is 0.726. The van der Waals surface area contributed by atoms with Gasteiger partial charge in [0.1, 0.15) is 0 Å². The Bertz CT molecular complexity index is 842. The topological polar surface area (TPSA) is 55.1 Å². The molecule has 0 amide bonds. The first-order chi connectivity index (χ1) is 13.8. The number of Topliss-reactive ketones (excluding diaryl/α,β-unsaturated/α-hetero) is 1. The van der Waals surface area contributed by atoms with E-state index in [9.17, 15) is 9.90 Å². The van der Waals surface area contributed by atoms with Crippen molar-refractivity contribution >= 4 is 11.9 Å². The van der Waals surface area contributed by atoms with E-state index in [0.29, 0.717) is 29.0 Å². The third-order valence-corrected chi connectivity index (χ3v) is 9.60. The van der Waals surface area contributed by atoms with Crippen LogP contribution < -0.4 is 0 Å². The summed E-state index contributed by atoms with van der Waals surface area (Å²) in [4.78, 5) is 13.5. The minimum Gasteiger partial charge on any atom is -0.393 e. The molecule has 1 N–H and O–H groups in total. The number of aromatic nitrogens is 2. The molecule has 0 bridgehead atoms. The smallest absolute Gasteiger partial charge is 0.165 e. The van der Waals surface area contributed by atoms with E-state index in [2.05, 4.69) is 31.9 Å². The van der Waals surface area contributed by atoms with Crippen LogP contribution >= 0.6 is 0 Å². The molecule has 5 rings (SSSR count). The third kappa shape index (κ3) is 2.89. The molecule has 0 unspecified atom stereocenters. The normalized spacial score (nSPS) is 45.7. The highest BCUT2D eigenvalue weighted by Crippen LogP contribution is 2.66. The molecule has 4 fully saturated rings. The van der Waals surface area contributed by atoms with Gasteiger partial charge in [-0.2, -0.15) is 5.10 Å². The number of fused-ring (bicyclic) bond motifs is 5. The van der Waals surface area contributed by atoms with E-state index in [1.165, 1.54) is 19.3 Å². The summed E-state index contributed by atoms with van der Waals surface area (Å²) < 4.78 is 1.93. The van der Waals surface area contributed by atoms with E-state index >= 15 is 0 Å². The third-order valence-electron chi connectivity index (χ3n) is 9.60. The number of carbonyl (C=O) groups is 1. The summed E-state index contributed by atoms with van der Waals surface area (Å²) in [6.07, 6.45) is 14.7. The Balaban J connectivity index is 1.43. The van der Waals surface area contributed by atoms with Crippen LogP contribution in [0.1, 0.15) is 77.7 Å². The van der Waals surface area contributed by atoms with Gasteiger partial charge in [-0.15, -0.1) is 0 Å². The SMILES string of the molecule is CCn1cc(/C=C2/C[C@@H]3[C@H]4CC[C@H]5C[C@@H](O)CC[C@]5(C)[C@@H]4CC[C@]3(C)C2=O)cn1. The van der Waals surface area contributed by atoms with Crippen LogP contribution in [0.4, 0.5) is 0 Å². The van der Waals surface area contributed by atoms with Crippen molar-refractivity contribution in [2.75, 3.05) is 0 Å². The summed E-state index contributed by atoms with van der Waals surface area (Å²) >= 11 is 0. The zero-order chi connectivity index (χ0) is 20.4. The van der Waals surface area contributed by atoms with Gasteiger partial charge in [0.05, 0.1) is 12.3 Å².